The number of benzene rings is 2. The van der Waals surface area contributed by atoms with Gasteiger partial charge in [0.05, 0.1) is 7.11 Å². The smallest absolute Gasteiger partial charge is 0.497 e. The van der Waals surface area contributed by atoms with Crippen molar-refractivity contribution in [2.75, 3.05) is 14.2 Å². The van der Waals surface area contributed by atoms with Gasteiger partial charge in [0.1, 0.15) is 11.6 Å². The standard InChI is InChI=1S/C21H18FO2.BF4/c1-23-19-11-5-16(6-12-19)21(15-3-9-18(22)10-4-15)17-7-13-20(24-2)14-8-17;2-1(3,4)5/h3-14H,1-2H3;/q+1;-1. The molecule has 152 valence electrons. The molecular formula is C21H18BF5O2. The van der Waals surface area contributed by atoms with Crippen molar-refractivity contribution in [1.29, 1.82) is 0 Å². The zero-order valence-corrected chi connectivity index (χ0v) is 15.7. The fourth-order valence-corrected chi connectivity index (χ4v) is 2.63. The number of rotatable bonds is 3. The number of halogens is 5. The Morgan fingerprint density at radius 1 is 0.793 bits per heavy atom. The van der Waals surface area contributed by atoms with Crippen molar-refractivity contribution in [3.63, 3.8) is 0 Å². The minimum absolute atomic E-state index is 0.248. The molecule has 0 amide bonds. The van der Waals surface area contributed by atoms with Gasteiger partial charge in [0.2, 0.25) is 0 Å². The third-order valence-electron chi connectivity index (χ3n) is 3.89. The van der Waals surface area contributed by atoms with Crippen LogP contribution in [0.2, 0.25) is 0 Å². The van der Waals surface area contributed by atoms with E-state index >= 15 is 0 Å². The minimum Gasteiger partial charge on any atom is -0.497 e. The Balaban J connectivity index is 0.000000537. The summed E-state index contributed by atoms with van der Waals surface area (Å²) in [6.07, 6.45) is 7.84. The molecule has 0 fully saturated rings. The van der Waals surface area contributed by atoms with Crippen LogP contribution in [0.15, 0.2) is 78.4 Å². The Labute approximate surface area is 165 Å². The fourth-order valence-electron chi connectivity index (χ4n) is 2.63. The molecule has 2 aromatic rings. The molecule has 3 rings (SSSR count). The first-order valence-electron chi connectivity index (χ1n) is 8.50. The number of hydrogen-bond acceptors (Lipinski definition) is 1. The molecule has 2 aromatic carbocycles. The fraction of sp³-hybridized carbons (Fsp3) is 0.0952. The van der Waals surface area contributed by atoms with E-state index in [1.165, 1.54) is 12.1 Å². The molecule has 0 saturated heterocycles. The molecule has 8 heteroatoms. The van der Waals surface area contributed by atoms with Crippen LogP contribution in [0.1, 0.15) is 11.1 Å². The average Bonchev–Trinajstić information content (AvgIpc) is 2.69. The number of hydrogen-bond donors (Lipinski definition) is 0. The molecule has 1 aliphatic rings. The van der Waals surface area contributed by atoms with Crippen molar-refractivity contribution < 1.29 is 30.8 Å². The molecule has 2 nitrogen and oxygen atoms in total. The van der Waals surface area contributed by atoms with Crippen LogP contribution in [0.5, 0.6) is 5.75 Å². The highest BCUT2D eigenvalue weighted by atomic mass is 19.5. The predicted octanol–water partition coefficient (Wildman–Crippen LogP) is 5.80. The van der Waals surface area contributed by atoms with Crippen LogP contribution >= 0.6 is 0 Å². The molecule has 1 aliphatic carbocycles. The van der Waals surface area contributed by atoms with E-state index in [0.717, 1.165) is 33.8 Å². The third kappa shape index (κ3) is 7.06. The molecule has 0 spiro atoms. The van der Waals surface area contributed by atoms with E-state index in [0.29, 0.717) is 0 Å². The van der Waals surface area contributed by atoms with Gasteiger partial charge in [-0.3, -0.25) is 4.42 Å². The molecule has 0 N–H and O–H groups in total. The summed E-state index contributed by atoms with van der Waals surface area (Å²) in [6.45, 7) is 0. The molecular weight excluding hydrogens is 390 g/mol. The maximum atomic E-state index is 13.3. The largest absolute Gasteiger partial charge is 0.673 e. The Bertz CT molecular complexity index is 917. The topological polar surface area (TPSA) is 20.5 Å². The summed E-state index contributed by atoms with van der Waals surface area (Å²) >= 11 is 0. The molecule has 0 heterocycles. The van der Waals surface area contributed by atoms with E-state index in [2.05, 4.69) is 0 Å². The van der Waals surface area contributed by atoms with E-state index in [1.54, 1.807) is 26.4 Å². The second-order valence-corrected chi connectivity index (χ2v) is 5.83. The molecule has 0 atom stereocenters. The van der Waals surface area contributed by atoms with E-state index in [4.69, 9.17) is 9.16 Å². The van der Waals surface area contributed by atoms with Crippen LogP contribution in [-0.2, 0) is 4.42 Å². The normalized spacial score (nSPS) is 12.9. The summed E-state index contributed by atoms with van der Waals surface area (Å²) in [4.78, 5) is 0. The number of ether oxygens (including phenoxy) is 1. The van der Waals surface area contributed by atoms with Crippen molar-refractivity contribution in [3.05, 3.63) is 95.4 Å². The summed E-state index contributed by atoms with van der Waals surface area (Å²) < 4.78 is 62.8. The molecule has 0 radical (unpaired) electrons. The highest BCUT2D eigenvalue weighted by molar-refractivity contribution is 6.50. The van der Waals surface area contributed by atoms with Crippen LogP contribution in [0, 0.1) is 5.82 Å². The van der Waals surface area contributed by atoms with Gasteiger partial charge in [-0.25, -0.2) is 4.39 Å². The molecule has 0 saturated carbocycles. The second-order valence-electron chi connectivity index (χ2n) is 5.83. The Morgan fingerprint density at radius 2 is 1.24 bits per heavy atom. The average molecular weight is 408 g/mol. The van der Waals surface area contributed by atoms with E-state index in [1.807, 2.05) is 48.6 Å². The quantitative estimate of drug-likeness (QED) is 0.357. The van der Waals surface area contributed by atoms with E-state index in [-0.39, 0.29) is 5.82 Å². The van der Waals surface area contributed by atoms with Gasteiger partial charge in [0.15, 0.2) is 0 Å². The van der Waals surface area contributed by atoms with Gasteiger partial charge in [-0.2, -0.15) is 0 Å². The van der Waals surface area contributed by atoms with Gasteiger partial charge in [-0.15, -0.1) is 0 Å². The predicted molar refractivity (Wildman–Crippen MR) is 105 cm³/mol. The van der Waals surface area contributed by atoms with Crippen molar-refractivity contribution in [3.8, 4) is 5.75 Å². The lowest BCUT2D eigenvalue weighted by Crippen LogP contribution is -2.02. The van der Waals surface area contributed by atoms with Crippen LogP contribution < -0.4 is 4.74 Å². The van der Waals surface area contributed by atoms with Crippen molar-refractivity contribution in [1.82, 2.24) is 0 Å². The molecule has 0 bridgehead atoms. The Morgan fingerprint density at radius 3 is 1.66 bits per heavy atom. The number of allylic oxidation sites excluding steroid dienone is 5. The molecule has 0 aromatic heterocycles. The summed E-state index contributed by atoms with van der Waals surface area (Å²) in [5.74, 6) is 1.35. The first-order chi connectivity index (χ1) is 13.7. The van der Waals surface area contributed by atoms with Crippen molar-refractivity contribution in [2.45, 2.75) is 0 Å². The molecule has 29 heavy (non-hydrogen) atoms. The number of methoxy groups -OCH3 is 1. The Kier molecular flexibility index (Phi) is 7.53. The molecule has 0 aliphatic heterocycles. The van der Waals surface area contributed by atoms with Gasteiger partial charge in [-0.05, 0) is 58.7 Å². The van der Waals surface area contributed by atoms with Crippen LogP contribution in [0.4, 0.5) is 21.7 Å². The second kappa shape index (κ2) is 9.86. The summed E-state index contributed by atoms with van der Waals surface area (Å²) in [6, 6.07) is 14.4. The zero-order chi connectivity index (χ0) is 21.4. The lowest BCUT2D eigenvalue weighted by molar-refractivity contribution is -0.417. The summed E-state index contributed by atoms with van der Waals surface area (Å²) in [5.41, 5.74) is 4.05. The van der Waals surface area contributed by atoms with Crippen LogP contribution in [0.3, 0.4) is 0 Å². The lowest BCUT2D eigenvalue weighted by atomic mass is 9.91. The van der Waals surface area contributed by atoms with Gasteiger partial charge < -0.3 is 22.0 Å². The third-order valence-corrected chi connectivity index (χ3v) is 3.89. The summed E-state index contributed by atoms with van der Waals surface area (Å²) in [7, 11) is -2.72. The maximum Gasteiger partial charge on any atom is 0.673 e. The van der Waals surface area contributed by atoms with E-state index < -0.39 is 7.25 Å². The zero-order valence-electron chi connectivity index (χ0n) is 15.7. The lowest BCUT2D eigenvalue weighted by Gasteiger charge is -2.13. The van der Waals surface area contributed by atoms with Crippen molar-refractivity contribution in [2.24, 2.45) is 0 Å². The maximum absolute atomic E-state index is 13.3. The Hall–Kier alpha value is -3.16. The minimum atomic E-state index is -6.00. The SMILES string of the molecule is COc1ccc(C(=C2C=CC(=[O+]C)C=C2)c2ccc(F)cc2)cc1.F[B-](F)(F)F. The van der Waals surface area contributed by atoms with E-state index in [9.17, 15) is 21.7 Å². The van der Waals surface area contributed by atoms with Crippen molar-refractivity contribution >= 4 is 18.6 Å². The number of carbonyl (C=O) groups excluding carboxylic acids is 1. The van der Waals surface area contributed by atoms with Gasteiger partial charge in [0.25, 0.3) is 7.11 Å². The van der Waals surface area contributed by atoms with Gasteiger partial charge in [-0.1, -0.05) is 24.3 Å². The first-order valence-corrected chi connectivity index (χ1v) is 8.50. The van der Waals surface area contributed by atoms with Gasteiger partial charge in [0, 0.05) is 12.2 Å². The highest BCUT2D eigenvalue weighted by Crippen LogP contribution is 2.30. The summed E-state index contributed by atoms with van der Waals surface area (Å²) in [5, 5.41) is 0. The van der Waals surface area contributed by atoms with Crippen LogP contribution in [0.25, 0.3) is 5.57 Å². The number of ketones is 1. The molecule has 0 unspecified atom stereocenters. The highest BCUT2D eigenvalue weighted by Gasteiger charge is 2.20. The monoisotopic (exact) mass is 408 g/mol. The first kappa shape index (κ1) is 22.1. The van der Waals surface area contributed by atoms with Gasteiger partial charge >= 0.3 is 13.0 Å². The van der Waals surface area contributed by atoms with Crippen LogP contribution in [-0.4, -0.2) is 27.3 Å².